The largest absolute Gasteiger partial charge is 0.473 e. The van der Waals surface area contributed by atoms with E-state index in [0.717, 1.165) is 0 Å². The Bertz CT molecular complexity index is 882. The van der Waals surface area contributed by atoms with Crippen LogP contribution in [0.25, 0.3) is 0 Å². The van der Waals surface area contributed by atoms with Gasteiger partial charge in [0.25, 0.3) is 5.69 Å². The summed E-state index contributed by atoms with van der Waals surface area (Å²) in [4.78, 5) is 22.4. The number of hydrazone groups is 1. The van der Waals surface area contributed by atoms with Crippen LogP contribution in [0.15, 0.2) is 59.7 Å². The van der Waals surface area contributed by atoms with Crippen LogP contribution in [-0.4, -0.2) is 27.7 Å². The van der Waals surface area contributed by atoms with E-state index in [1.54, 1.807) is 30.3 Å². The average molecular weight is 363 g/mol. The van der Waals surface area contributed by atoms with Gasteiger partial charge in [0.1, 0.15) is 0 Å². The second kappa shape index (κ2) is 6.58. The summed E-state index contributed by atoms with van der Waals surface area (Å²) in [7, 11) is 0. The highest BCUT2D eigenvalue weighted by Crippen LogP contribution is 2.37. The maximum atomic E-state index is 13.0. The Morgan fingerprint density at radius 2 is 1.73 bits per heavy atom. The Labute approximate surface area is 145 Å². The Hall–Kier alpha value is -3.23. The molecule has 0 radical (unpaired) electrons. The molecule has 0 saturated heterocycles. The van der Waals surface area contributed by atoms with Crippen molar-refractivity contribution in [2.75, 3.05) is 0 Å². The Morgan fingerprint density at radius 3 is 2.35 bits per heavy atom. The lowest BCUT2D eigenvalue weighted by Crippen LogP contribution is -2.38. The fraction of sp³-hybridized carbons (Fsp3) is 0.176. The number of rotatable bonds is 3. The van der Waals surface area contributed by atoms with Crippen molar-refractivity contribution < 1.29 is 22.9 Å². The van der Waals surface area contributed by atoms with Gasteiger partial charge in [-0.1, -0.05) is 42.5 Å². The van der Waals surface area contributed by atoms with E-state index in [0.29, 0.717) is 10.6 Å². The van der Waals surface area contributed by atoms with Crippen LogP contribution >= 0.6 is 0 Å². The van der Waals surface area contributed by atoms with Gasteiger partial charge < -0.3 is 0 Å². The minimum Gasteiger partial charge on any atom is -0.262 e. The summed E-state index contributed by atoms with van der Waals surface area (Å²) in [6, 6.07) is 12.8. The molecule has 6 nitrogen and oxygen atoms in total. The van der Waals surface area contributed by atoms with E-state index in [2.05, 4.69) is 5.10 Å². The predicted molar refractivity (Wildman–Crippen MR) is 86.3 cm³/mol. The normalized spacial score (nSPS) is 17.1. The maximum absolute atomic E-state index is 13.0. The molecule has 9 heteroatoms. The molecule has 0 bridgehead atoms. The zero-order valence-corrected chi connectivity index (χ0v) is 13.2. The first-order valence-electron chi connectivity index (χ1n) is 7.55. The van der Waals surface area contributed by atoms with Gasteiger partial charge in [-0.2, -0.15) is 18.3 Å². The minimum atomic E-state index is -5.10. The standard InChI is InChI=1S/C17H12F3N3O3/c18-17(19,20)16(24)22-15(11-6-2-1-3-7-11)10-13(21-22)12-8-4-5-9-14(12)23(25)26/h1-9,15H,10H2/t15-/m0/s1. The molecule has 0 aliphatic carbocycles. The molecule has 0 saturated carbocycles. The molecule has 2 aromatic rings. The second-order valence-corrected chi connectivity index (χ2v) is 5.60. The number of hydrogen-bond acceptors (Lipinski definition) is 4. The first-order chi connectivity index (χ1) is 12.3. The summed E-state index contributed by atoms with van der Waals surface area (Å²) < 4.78 is 38.9. The third kappa shape index (κ3) is 3.28. The average Bonchev–Trinajstić information content (AvgIpc) is 3.06. The van der Waals surface area contributed by atoms with E-state index in [1.165, 1.54) is 24.3 Å². The minimum absolute atomic E-state index is 0.0588. The molecule has 26 heavy (non-hydrogen) atoms. The van der Waals surface area contributed by atoms with Crippen molar-refractivity contribution in [3.8, 4) is 0 Å². The van der Waals surface area contributed by atoms with Crippen molar-refractivity contribution in [3.63, 3.8) is 0 Å². The van der Waals surface area contributed by atoms with Gasteiger partial charge in [-0.3, -0.25) is 14.9 Å². The monoisotopic (exact) mass is 363 g/mol. The Balaban J connectivity index is 2.06. The van der Waals surface area contributed by atoms with Crippen LogP contribution in [-0.2, 0) is 4.79 Å². The third-order valence-corrected chi connectivity index (χ3v) is 3.96. The van der Waals surface area contributed by atoms with Crippen LogP contribution in [0.4, 0.5) is 18.9 Å². The predicted octanol–water partition coefficient (Wildman–Crippen LogP) is 3.83. The van der Waals surface area contributed by atoms with Gasteiger partial charge in [0, 0.05) is 12.5 Å². The molecule has 0 unspecified atom stereocenters. The first kappa shape index (κ1) is 17.6. The smallest absolute Gasteiger partial charge is 0.262 e. The highest BCUT2D eigenvalue weighted by Gasteiger charge is 2.48. The zero-order chi connectivity index (χ0) is 18.9. The van der Waals surface area contributed by atoms with Crippen LogP contribution in [0.1, 0.15) is 23.6 Å². The van der Waals surface area contributed by atoms with E-state index in [1.807, 2.05) is 0 Å². The Kier molecular flexibility index (Phi) is 4.45. The van der Waals surface area contributed by atoms with E-state index >= 15 is 0 Å². The number of nitrogens with zero attached hydrogens (tertiary/aromatic N) is 3. The number of benzene rings is 2. The van der Waals surface area contributed by atoms with Crippen LogP contribution in [0.3, 0.4) is 0 Å². The Morgan fingerprint density at radius 1 is 1.12 bits per heavy atom. The van der Waals surface area contributed by atoms with Crippen molar-refractivity contribution >= 4 is 17.3 Å². The van der Waals surface area contributed by atoms with Crippen LogP contribution in [0, 0.1) is 10.1 Å². The quantitative estimate of drug-likeness (QED) is 0.614. The van der Waals surface area contributed by atoms with Gasteiger partial charge in [-0.05, 0) is 11.6 Å². The molecule has 2 aromatic carbocycles. The molecule has 1 aliphatic heterocycles. The van der Waals surface area contributed by atoms with Crippen LogP contribution in [0.5, 0.6) is 0 Å². The molecule has 1 aliphatic rings. The number of hydrogen-bond donors (Lipinski definition) is 0. The van der Waals surface area contributed by atoms with Crippen LogP contribution in [0.2, 0.25) is 0 Å². The van der Waals surface area contributed by atoms with Gasteiger partial charge in [-0.25, -0.2) is 5.01 Å². The summed E-state index contributed by atoms with van der Waals surface area (Å²) in [6.07, 6.45) is -5.16. The topological polar surface area (TPSA) is 75.8 Å². The van der Waals surface area contributed by atoms with Crippen molar-refractivity contribution in [1.82, 2.24) is 5.01 Å². The van der Waals surface area contributed by atoms with Crippen molar-refractivity contribution in [2.24, 2.45) is 5.10 Å². The summed E-state index contributed by atoms with van der Waals surface area (Å²) >= 11 is 0. The fourth-order valence-electron chi connectivity index (χ4n) is 2.80. The number of halogens is 3. The van der Waals surface area contributed by atoms with E-state index in [4.69, 9.17) is 0 Å². The number of amides is 1. The molecule has 0 aromatic heterocycles. The molecular weight excluding hydrogens is 351 g/mol. The molecule has 134 valence electrons. The summed E-state index contributed by atoms with van der Waals surface area (Å²) in [6.45, 7) is 0. The van der Waals surface area contributed by atoms with Crippen molar-refractivity contribution in [2.45, 2.75) is 18.6 Å². The van der Waals surface area contributed by atoms with E-state index in [-0.39, 0.29) is 23.4 Å². The number of nitro benzene ring substituents is 1. The lowest BCUT2D eigenvalue weighted by molar-refractivity contribution is -0.385. The second-order valence-electron chi connectivity index (χ2n) is 5.60. The molecule has 1 amide bonds. The highest BCUT2D eigenvalue weighted by molar-refractivity contribution is 6.06. The molecule has 0 spiro atoms. The molecule has 0 N–H and O–H groups in total. The number of para-hydroxylation sites is 1. The van der Waals surface area contributed by atoms with Gasteiger partial charge in [0.2, 0.25) is 0 Å². The number of alkyl halides is 3. The highest BCUT2D eigenvalue weighted by atomic mass is 19.4. The molecule has 1 atom stereocenters. The molecule has 3 rings (SSSR count). The van der Waals surface area contributed by atoms with Crippen molar-refractivity contribution in [1.29, 1.82) is 0 Å². The summed E-state index contributed by atoms with van der Waals surface area (Å²) in [5.74, 6) is -2.11. The third-order valence-electron chi connectivity index (χ3n) is 3.96. The number of nitro groups is 1. The van der Waals surface area contributed by atoms with Gasteiger partial charge in [0.15, 0.2) is 0 Å². The number of carbonyl (C=O) groups excluding carboxylic acids is 1. The van der Waals surface area contributed by atoms with Gasteiger partial charge in [-0.15, -0.1) is 0 Å². The van der Waals surface area contributed by atoms with Crippen LogP contribution < -0.4 is 0 Å². The molecule has 0 fully saturated rings. The first-order valence-corrected chi connectivity index (χ1v) is 7.55. The zero-order valence-electron chi connectivity index (χ0n) is 13.2. The fourth-order valence-corrected chi connectivity index (χ4v) is 2.80. The van der Waals surface area contributed by atoms with Gasteiger partial charge >= 0.3 is 12.1 Å². The molecule has 1 heterocycles. The lowest BCUT2D eigenvalue weighted by atomic mass is 9.97. The van der Waals surface area contributed by atoms with E-state index < -0.39 is 23.0 Å². The SMILES string of the molecule is O=C(N1N=C(c2ccccc2[N+](=O)[O-])C[C@H]1c1ccccc1)C(F)(F)F. The maximum Gasteiger partial charge on any atom is 0.473 e. The van der Waals surface area contributed by atoms with Gasteiger partial charge in [0.05, 0.1) is 22.2 Å². The van der Waals surface area contributed by atoms with Crippen molar-refractivity contribution in [3.05, 3.63) is 75.8 Å². The number of carbonyl (C=O) groups is 1. The summed E-state index contributed by atoms with van der Waals surface area (Å²) in [5.41, 5.74) is 0.335. The molecular formula is C17H12F3N3O3. The lowest BCUT2D eigenvalue weighted by Gasteiger charge is -2.22. The summed E-state index contributed by atoms with van der Waals surface area (Å²) in [5, 5.41) is 15.4. The van der Waals surface area contributed by atoms with E-state index in [9.17, 15) is 28.1 Å².